The van der Waals surface area contributed by atoms with Gasteiger partial charge in [-0.05, 0) is 31.5 Å². The van der Waals surface area contributed by atoms with Gasteiger partial charge in [0.05, 0.1) is 0 Å². The number of benzene rings is 1. The van der Waals surface area contributed by atoms with E-state index in [-0.39, 0.29) is 11.6 Å². The van der Waals surface area contributed by atoms with Crippen molar-refractivity contribution in [3.05, 3.63) is 29.6 Å². The molecule has 0 saturated heterocycles. The number of carboxylic acid groups (broad SMARTS) is 1. The van der Waals surface area contributed by atoms with Crippen molar-refractivity contribution in [2.45, 2.75) is 25.9 Å². The quantitative estimate of drug-likeness (QED) is 0.731. The minimum absolute atomic E-state index is 0.0436. The van der Waals surface area contributed by atoms with E-state index >= 15 is 0 Å². The number of carbonyl (C=O) groups is 1. The molecule has 1 aromatic carbocycles. The second-order valence-electron chi connectivity index (χ2n) is 3.80. The zero-order chi connectivity index (χ0) is 12.3. The van der Waals surface area contributed by atoms with Gasteiger partial charge in [0.1, 0.15) is 6.04 Å². The molecule has 0 spiro atoms. The monoisotopic (exact) mass is 227 g/mol. The van der Waals surface area contributed by atoms with Crippen LogP contribution in [0.3, 0.4) is 0 Å². The van der Waals surface area contributed by atoms with Gasteiger partial charge in [0.15, 0.2) is 11.6 Å². The predicted molar refractivity (Wildman–Crippen MR) is 56.7 cm³/mol. The third-order valence-electron chi connectivity index (χ3n) is 2.05. The molecule has 0 saturated carbocycles. The SMILES string of the molecule is CC(C)NC(C(=O)O)c1ccc(O)c(F)c1. The summed E-state index contributed by atoms with van der Waals surface area (Å²) in [4.78, 5) is 11.0. The van der Waals surface area contributed by atoms with Crippen molar-refractivity contribution >= 4 is 5.97 Å². The first-order valence-corrected chi connectivity index (χ1v) is 4.89. The lowest BCUT2D eigenvalue weighted by atomic mass is 10.1. The summed E-state index contributed by atoms with van der Waals surface area (Å²) in [5.74, 6) is -2.40. The zero-order valence-electron chi connectivity index (χ0n) is 9.07. The normalized spacial score (nSPS) is 12.8. The summed E-state index contributed by atoms with van der Waals surface area (Å²) in [7, 11) is 0. The van der Waals surface area contributed by atoms with Gasteiger partial charge in [-0.3, -0.25) is 10.1 Å². The van der Waals surface area contributed by atoms with Crippen molar-refractivity contribution in [3.8, 4) is 5.75 Å². The van der Waals surface area contributed by atoms with E-state index in [0.29, 0.717) is 0 Å². The molecule has 0 aliphatic heterocycles. The Morgan fingerprint density at radius 3 is 2.50 bits per heavy atom. The van der Waals surface area contributed by atoms with Gasteiger partial charge in [0, 0.05) is 6.04 Å². The van der Waals surface area contributed by atoms with Crippen molar-refractivity contribution < 1.29 is 19.4 Å². The van der Waals surface area contributed by atoms with E-state index in [2.05, 4.69) is 5.32 Å². The van der Waals surface area contributed by atoms with Crippen LogP contribution >= 0.6 is 0 Å². The molecule has 0 bridgehead atoms. The number of halogens is 1. The van der Waals surface area contributed by atoms with Crippen LogP contribution in [-0.4, -0.2) is 22.2 Å². The van der Waals surface area contributed by atoms with E-state index in [0.717, 1.165) is 12.1 Å². The van der Waals surface area contributed by atoms with E-state index in [9.17, 15) is 9.18 Å². The number of phenolic OH excluding ortho intramolecular Hbond substituents is 1. The van der Waals surface area contributed by atoms with E-state index in [4.69, 9.17) is 10.2 Å². The summed E-state index contributed by atoms with van der Waals surface area (Å²) >= 11 is 0. The zero-order valence-corrected chi connectivity index (χ0v) is 9.07. The number of phenols is 1. The molecule has 1 rings (SSSR count). The summed E-state index contributed by atoms with van der Waals surface area (Å²) in [6.07, 6.45) is 0. The third kappa shape index (κ3) is 2.93. The molecule has 0 radical (unpaired) electrons. The molecule has 0 heterocycles. The van der Waals surface area contributed by atoms with Crippen LogP contribution in [-0.2, 0) is 4.79 Å². The van der Waals surface area contributed by atoms with Gasteiger partial charge < -0.3 is 10.2 Å². The Morgan fingerprint density at radius 1 is 1.44 bits per heavy atom. The van der Waals surface area contributed by atoms with Gasteiger partial charge in [-0.1, -0.05) is 6.07 Å². The van der Waals surface area contributed by atoms with Crippen molar-refractivity contribution in [3.63, 3.8) is 0 Å². The molecule has 4 nitrogen and oxygen atoms in total. The Bertz CT molecular complexity index is 393. The molecule has 3 N–H and O–H groups in total. The molecule has 88 valence electrons. The van der Waals surface area contributed by atoms with E-state index < -0.39 is 23.6 Å². The molecule has 1 aromatic rings. The van der Waals surface area contributed by atoms with Crippen LogP contribution in [0.2, 0.25) is 0 Å². The van der Waals surface area contributed by atoms with Crippen LogP contribution in [0.25, 0.3) is 0 Å². The lowest BCUT2D eigenvalue weighted by Crippen LogP contribution is -2.33. The molecule has 0 aromatic heterocycles. The first kappa shape index (κ1) is 12.4. The van der Waals surface area contributed by atoms with Crippen LogP contribution in [0.15, 0.2) is 18.2 Å². The highest BCUT2D eigenvalue weighted by molar-refractivity contribution is 5.75. The number of carboxylic acids is 1. The van der Waals surface area contributed by atoms with E-state index in [1.54, 1.807) is 13.8 Å². The molecule has 0 fully saturated rings. The number of hydrogen-bond acceptors (Lipinski definition) is 3. The number of aliphatic carboxylic acids is 1. The van der Waals surface area contributed by atoms with Crippen LogP contribution in [0.1, 0.15) is 25.5 Å². The molecular weight excluding hydrogens is 213 g/mol. The molecular formula is C11H14FNO3. The highest BCUT2D eigenvalue weighted by Crippen LogP contribution is 2.21. The summed E-state index contributed by atoms with van der Waals surface area (Å²) in [5, 5.41) is 20.8. The van der Waals surface area contributed by atoms with Crippen molar-refractivity contribution in [2.24, 2.45) is 0 Å². The van der Waals surface area contributed by atoms with Crippen molar-refractivity contribution in [1.29, 1.82) is 0 Å². The average Bonchev–Trinajstić information content (AvgIpc) is 2.18. The maximum absolute atomic E-state index is 13.1. The molecule has 16 heavy (non-hydrogen) atoms. The fourth-order valence-electron chi connectivity index (χ4n) is 1.35. The van der Waals surface area contributed by atoms with Crippen LogP contribution in [0.5, 0.6) is 5.75 Å². The number of hydrogen-bond donors (Lipinski definition) is 3. The Labute approximate surface area is 92.7 Å². The van der Waals surface area contributed by atoms with Crippen molar-refractivity contribution in [2.75, 3.05) is 0 Å². The minimum Gasteiger partial charge on any atom is -0.505 e. The van der Waals surface area contributed by atoms with Gasteiger partial charge in [0.2, 0.25) is 0 Å². The first-order valence-electron chi connectivity index (χ1n) is 4.89. The van der Waals surface area contributed by atoms with Crippen molar-refractivity contribution in [1.82, 2.24) is 5.32 Å². The fourth-order valence-corrected chi connectivity index (χ4v) is 1.35. The smallest absolute Gasteiger partial charge is 0.325 e. The molecule has 5 heteroatoms. The minimum atomic E-state index is -1.08. The molecule has 1 atom stereocenters. The van der Waals surface area contributed by atoms with Gasteiger partial charge in [0.25, 0.3) is 0 Å². The van der Waals surface area contributed by atoms with Gasteiger partial charge in [-0.25, -0.2) is 4.39 Å². The van der Waals surface area contributed by atoms with Crippen LogP contribution < -0.4 is 5.32 Å². The Hall–Kier alpha value is -1.62. The lowest BCUT2D eigenvalue weighted by Gasteiger charge is -2.17. The Balaban J connectivity index is 3.01. The maximum Gasteiger partial charge on any atom is 0.325 e. The second kappa shape index (κ2) is 4.94. The van der Waals surface area contributed by atoms with Gasteiger partial charge in [-0.2, -0.15) is 0 Å². The maximum atomic E-state index is 13.1. The Kier molecular flexibility index (Phi) is 3.84. The summed E-state index contributed by atoms with van der Waals surface area (Å²) < 4.78 is 13.1. The summed E-state index contributed by atoms with van der Waals surface area (Å²) in [6.45, 7) is 3.60. The number of nitrogens with one attached hydrogen (secondary N) is 1. The first-order chi connectivity index (χ1) is 7.41. The van der Waals surface area contributed by atoms with Gasteiger partial charge >= 0.3 is 5.97 Å². The highest BCUT2D eigenvalue weighted by Gasteiger charge is 2.21. The van der Waals surface area contributed by atoms with E-state index in [1.807, 2.05) is 0 Å². The highest BCUT2D eigenvalue weighted by atomic mass is 19.1. The molecule has 0 amide bonds. The molecule has 1 unspecified atom stereocenters. The average molecular weight is 227 g/mol. The van der Waals surface area contributed by atoms with Crippen LogP contribution in [0.4, 0.5) is 4.39 Å². The van der Waals surface area contributed by atoms with Crippen LogP contribution in [0, 0.1) is 5.82 Å². The standard InChI is InChI=1S/C11H14FNO3/c1-6(2)13-10(11(15)16)7-3-4-9(14)8(12)5-7/h3-6,10,13-14H,1-2H3,(H,15,16). The Morgan fingerprint density at radius 2 is 2.06 bits per heavy atom. The summed E-state index contributed by atoms with van der Waals surface area (Å²) in [6, 6.07) is 2.52. The third-order valence-corrected chi connectivity index (χ3v) is 2.05. The topological polar surface area (TPSA) is 69.6 Å². The second-order valence-corrected chi connectivity index (χ2v) is 3.80. The predicted octanol–water partition coefficient (Wildman–Crippen LogP) is 1.65. The van der Waals surface area contributed by atoms with E-state index in [1.165, 1.54) is 6.07 Å². The summed E-state index contributed by atoms with van der Waals surface area (Å²) in [5.41, 5.74) is 0.275. The number of aromatic hydroxyl groups is 1. The fraction of sp³-hybridized carbons (Fsp3) is 0.364. The molecule has 0 aliphatic rings. The molecule has 0 aliphatic carbocycles. The largest absolute Gasteiger partial charge is 0.505 e. The van der Waals surface area contributed by atoms with Gasteiger partial charge in [-0.15, -0.1) is 0 Å². The number of rotatable bonds is 4. The lowest BCUT2D eigenvalue weighted by molar-refractivity contribution is -0.139.